The number of fused-ring (bicyclic) bond motifs is 7. The summed E-state index contributed by atoms with van der Waals surface area (Å²) in [5, 5.41) is 2.55. The summed E-state index contributed by atoms with van der Waals surface area (Å²) in [7, 11) is -10.1. The van der Waals surface area contributed by atoms with Crippen LogP contribution in [-0.2, 0) is 21.5 Å². The van der Waals surface area contributed by atoms with Crippen molar-refractivity contribution in [2.75, 3.05) is 0 Å². The molecule has 0 fully saturated rings. The van der Waals surface area contributed by atoms with Crippen molar-refractivity contribution in [1.29, 1.82) is 0 Å². The zero-order valence-corrected chi connectivity index (χ0v) is 47.2. The third-order valence-corrected chi connectivity index (χ3v) is 19.9. The molecule has 77 heavy (non-hydrogen) atoms. The Morgan fingerprint density at radius 3 is 1.03 bits per heavy atom. The molecule has 0 saturated heterocycles. The fraction of sp³-hybridized carbons (Fsp3) is 0.312. The van der Waals surface area contributed by atoms with E-state index in [0.29, 0.717) is 22.3 Å². The van der Waals surface area contributed by atoms with Gasteiger partial charge < -0.3 is 9.05 Å². The molecule has 0 radical (unpaired) electrons. The summed E-state index contributed by atoms with van der Waals surface area (Å²) >= 11 is 0. The Kier molecular flexibility index (Phi) is 14.9. The topological polar surface area (TPSA) is 64.6 Å². The molecular weight excluding hydrogens is 1020 g/mol. The molecule has 5 nitrogen and oxygen atoms in total. The summed E-state index contributed by atoms with van der Waals surface area (Å²) in [6.45, 7) is 25.5. The molecule has 1 heterocycles. The van der Waals surface area contributed by atoms with Crippen LogP contribution in [0.3, 0.4) is 0 Å². The molecule has 0 atom stereocenters. The summed E-state index contributed by atoms with van der Waals surface area (Å²) in [6, 6.07) is 35.4. The molecule has 0 saturated carbocycles. The fourth-order valence-electron chi connectivity index (χ4n) is 10.7. The molecule has 13 heteroatoms. The molecule has 0 aromatic heterocycles. The van der Waals surface area contributed by atoms with Crippen molar-refractivity contribution in [2.45, 2.75) is 131 Å². The van der Waals surface area contributed by atoms with Crippen molar-refractivity contribution < 1.29 is 44.5 Å². The van der Waals surface area contributed by atoms with E-state index in [9.17, 15) is 26.3 Å². The summed E-state index contributed by atoms with van der Waals surface area (Å²) in [5.41, 5.74) is 8.07. The van der Waals surface area contributed by atoms with Gasteiger partial charge in [-0.15, -0.1) is 4.86 Å². The second kappa shape index (κ2) is 20.6. The van der Waals surface area contributed by atoms with Crippen LogP contribution in [0, 0.1) is 0 Å². The van der Waals surface area contributed by atoms with Crippen LogP contribution in [0.1, 0.15) is 163 Å². The number of alkyl halides is 6. The lowest BCUT2D eigenvalue weighted by Crippen LogP contribution is -2.29. The van der Waals surface area contributed by atoms with Crippen molar-refractivity contribution >= 4 is 47.2 Å². The minimum absolute atomic E-state index is 0.0349. The Labute approximate surface area is 448 Å². The molecule has 0 unspecified atom stereocenters. The Morgan fingerprint density at radius 1 is 0.429 bits per heavy atom. The van der Waals surface area contributed by atoms with Gasteiger partial charge >= 0.3 is 20.1 Å². The van der Waals surface area contributed by atoms with Crippen LogP contribution < -0.4 is 24.5 Å². The first kappa shape index (κ1) is 55.6. The van der Waals surface area contributed by atoms with Crippen molar-refractivity contribution in [3.63, 3.8) is 0 Å². The molecule has 8 aromatic rings. The van der Waals surface area contributed by atoms with E-state index in [1.165, 1.54) is 0 Å². The van der Waals surface area contributed by atoms with E-state index in [2.05, 4.69) is 112 Å². The van der Waals surface area contributed by atoms with Gasteiger partial charge in [0.15, 0.2) is 0 Å². The van der Waals surface area contributed by atoms with Crippen LogP contribution in [-0.4, -0.2) is 0 Å². The lowest BCUT2D eigenvalue weighted by molar-refractivity contribution is -0.138. The van der Waals surface area contributed by atoms with E-state index in [1.54, 1.807) is 0 Å². The molecule has 0 amide bonds. The normalized spacial score (nSPS) is 14.0. The lowest BCUT2D eigenvalue weighted by Gasteiger charge is -2.29. The van der Waals surface area contributed by atoms with Crippen molar-refractivity contribution in [1.82, 2.24) is 4.86 Å². The largest absolute Gasteiger partial charge is 0.519 e. The van der Waals surface area contributed by atoms with Gasteiger partial charge in [-0.1, -0.05) is 156 Å². The van der Waals surface area contributed by atoms with E-state index in [4.69, 9.17) is 9.05 Å². The molecule has 1 aliphatic rings. The van der Waals surface area contributed by atoms with Gasteiger partial charge in [-0.05, 0) is 162 Å². The fourth-order valence-corrected chi connectivity index (χ4v) is 15.7. The molecule has 1 aliphatic heterocycles. The van der Waals surface area contributed by atoms with Gasteiger partial charge in [-0.2, -0.15) is 26.3 Å². The van der Waals surface area contributed by atoms with E-state index < -0.39 is 38.5 Å². The second-order valence-corrected chi connectivity index (χ2v) is 26.7. The summed E-state index contributed by atoms with van der Waals surface area (Å²) < 4.78 is 133. The first-order valence-electron chi connectivity index (χ1n) is 26.3. The minimum atomic E-state index is -5.28. The van der Waals surface area contributed by atoms with Crippen LogP contribution in [0.15, 0.2) is 133 Å². The minimum Gasteiger partial charge on any atom is -0.403 e. The number of nitrogens with one attached hydrogen (secondary N) is 1. The number of rotatable bonds is 12. The van der Waals surface area contributed by atoms with Crippen LogP contribution in [0.4, 0.5) is 26.3 Å². The van der Waals surface area contributed by atoms with Crippen molar-refractivity contribution in [3.8, 4) is 44.9 Å². The van der Waals surface area contributed by atoms with Crippen molar-refractivity contribution in [2.24, 2.45) is 0 Å². The zero-order chi connectivity index (χ0) is 55.8. The van der Waals surface area contributed by atoms with Gasteiger partial charge in [0, 0.05) is 32.9 Å². The molecular formula is C64H65F6NO4P2. The van der Waals surface area contributed by atoms with Gasteiger partial charge in [0.25, 0.3) is 0 Å². The molecule has 0 spiro atoms. The Balaban J connectivity index is 1.49. The summed E-state index contributed by atoms with van der Waals surface area (Å²) in [6.07, 6.45) is -9.57. The Bertz CT molecular complexity index is 3380. The van der Waals surface area contributed by atoms with E-state index in [0.717, 1.165) is 115 Å². The van der Waals surface area contributed by atoms with Gasteiger partial charge in [-0.25, -0.2) is 4.57 Å². The SMILES string of the molecule is CC(C)c1cc(C(C)C)c(-c2cc3ccccc3c3c2OP(=O)(NP(=O)(c2ccc(C(F)(F)F)cc2)c2ccc(C(F)(F)F)cc2)Oc2c(-c4c(C(C)C)cc(C(C)C)cc4C(C)C)cc4ccccc4c2-3)c(C(C)C)c1. The average Bonchev–Trinajstić information content (AvgIpc) is 3.66. The Morgan fingerprint density at radius 2 is 0.740 bits per heavy atom. The highest BCUT2D eigenvalue weighted by Crippen LogP contribution is 2.66. The first-order valence-corrected chi connectivity index (χ1v) is 29.6. The molecule has 8 aromatic carbocycles. The summed E-state index contributed by atoms with van der Waals surface area (Å²) in [4.78, 5) is 2.83. The van der Waals surface area contributed by atoms with Gasteiger partial charge in [0.05, 0.1) is 11.1 Å². The smallest absolute Gasteiger partial charge is 0.403 e. The van der Waals surface area contributed by atoms with E-state index >= 15 is 9.13 Å². The highest BCUT2D eigenvalue weighted by atomic mass is 31.2. The van der Waals surface area contributed by atoms with E-state index in [-0.39, 0.29) is 57.6 Å². The average molecular weight is 1090 g/mol. The van der Waals surface area contributed by atoms with Crippen molar-refractivity contribution in [3.05, 3.63) is 178 Å². The molecule has 0 bridgehead atoms. The molecule has 0 aliphatic carbocycles. The standard InChI is InChI=1S/C64H65F6NO4P2/c1-35(2)43-31-51(37(5)6)57(52(32-43)38(7)8)55-29-41-17-13-15-19-49(41)59-60-50-20-16-14-18-42(50)30-56(58-53(39(9)10)33-44(36(3)4)34-54(58)40(11)12)62(60)75-77(73,74-61(55)59)71-76(72,47-25-21-45(22-26-47)63(65,66)67)48-27-23-46(24-28-48)64(68,69)70/h13-40H,1-12H3,(H,71,72,73). The maximum atomic E-state index is 17.1. The third kappa shape index (κ3) is 10.4. The molecule has 9 rings (SSSR count). The highest BCUT2D eigenvalue weighted by Gasteiger charge is 2.47. The molecule has 1 N–H and O–H groups in total. The second-order valence-electron chi connectivity index (χ2n) is 22.3. The third-order valence-electron chi connectivity index (χ3n) is 14.9. The zero-order valence-electron chi connectivity index (χ0n) is 45.5. The lowest BCUT2D eigenvalue weighted by atomic mass is 9.78. The predicted octanol–water partition coefficient (Wildman–Crippen LogP) is 20.2. The van der Waals surface area contributed by atoms with E-state index in [1.807, 2.05) is 60.7 Å². The monoisotopic (exact) mass is 1090 g/mol. The van der Waals surface area contributed by atoms with Crippen LogP contribution >= 0.6 is 15.0 Å². The maximum absolute atomic E-state index is 17.1. The van der Waals surface area contributed by atoms with Crippen LogP contribution in [0.5, 0.6) is 11.5 Å². The van der Waals surface area contributed by atoms with Crippen LogP contribution in [0.2, 0.25) is 0 Å². The quantitative estimate of drug-likeness (QED) is 0.0976. The highest BCUT2D eigenvalue weighted by molar-refractivity contribution is 7.83. The maximum Gasteiger partial charge on any atom is 0.519 e. The number of halogens is 6. The van der Waals surface area contributed by atoms with Gasteiger partial charge in [-0.3, -0.25) is 4.57 Å². The molecule has 402 valence electrons. The van der Waals surface area contributed by atoms with Gasteiger partial charge in [0.2, 0.25) is 7.29 Å². The first-order chi connectivity index (χ1) is 36.1. The number of benzene rings is 8. The number of hydrogen-bond acceptors (Lipinski definition) is 4. The van der Waals surface area contributed by atoms with Crippen LogP contribution in [0.25, 0.3) is 54.9 Å². The van der Waals surface area contributed by atoms with Gasteiger partial charge in [0.1, 0.15) is 11.5 Å². The number of hydrogen-bond donors (Lipinski definition) is 1. The predicted molar refractivity (Wildman–Crippen MR) is 304 cm³/mol. The summed E-state index contributed by atoms with van der Waals surface area (Å²) in [5.74, 6) is 0.472. The Hall–Kier alpha value is -6.12.